The number of hydrogen-bond acceptors (Lipinski definition) is 12. The molecular weight excluding hydrogens is 650 g/mol. The largest absolute Gasteiger partial charge is 0.385 e. The smallest absolute Gasteiger partial charge is 0.353 e. The maximum Gasteiger partial charge on any atom is 0.353 e. The van der Waals surface area contributed by atoms with Crippen LogP contribution in [0.15, 0.2) is 64.1 Å². The molecule has 258 valence electrons. The van der Waals surface area contributed by atoms with E-state index in [9.17, 15) is 29.1 Å². The second-order valence-electron chi connectivity index (χ2n) is 11.8. The predicted octanol–water partition coefficient (Wildman–Crippen LogP) is 4.65. The quantitative estimate of drug-likeness (QED) is 0.242. The number of nitriles is 1. The SMILES string of the molecule is COCC[C@@H]1[C@H](OP(O)N(C(C)C)C(C)(C)CCC#N)[C@@H](/C=C/P(=O)(OC)OC)O[C@H]1n1ccc(=O)n(C(=O)c2ccccc2)c1=O. The monoisotopic (exact) mass is 694 g/mol. The first-order valence-electron chi connectivity index (χ1n) is 15.1. The number of methoxy groups -OCH3 is 1. The highest BCUT2D eigenvalue weighted by Gasteiger charge is 2.49. The molecule has 1 fully saturated rings. The number of nitrogens with zero attached hydrogens (tertiary/aromatic N) is 4. The van der Waals surface area contributed by atoms with Crippen LogP contribution in [0.5, 0.6) is 0 Å². The van der Waals surface area contributed by atoms with Crippen molar-refractivity contribution in [2.24, 2.45) is 5.92 Å². The van der Waals surface area contributed by atoms with E-state index in [1.54, 1.807) is 22.9 Å². The number of ether oxygens (including phenoxy) is 2. The highest BCUT2D eigenvalue weighted by molar-refractivity contribution is 7.57. The third-order valence-corrected chi connectivity index (χ3v) is 11.3. The van der Waals surface area contributed by atoms with Gasteiger partial charge in [-0.1, -0.05) is 18.2 Å². The van der Waals surface area contributed by atoms with E-state index in [1.807, 2.05) is 27.7 Å². The molecule has 1 unspecified atom stereocenters. The molecule has 1 aromatic heterocycles. The van der Waals surface area contributed by atoms with Gasteiger partial charge in [0.1, 0.15) is 18.4 Å². The Morgan fingerprint density at radius 3 is 2.43 bits per heavy atom. The Bertz CT molecular complexity index is 1580. The standard InChI is InChI=1S/C31H44N4O10P2/c1-22(2)35(31(3,4)17-11-18-32)46(39)45-27-24(15-20-41-5)29(44-25(27)16-21-47(40,42-6)43-7)33-19-14-26(36)34(30(33)38)28(37)23-12-9-8-10-13-23/h8-10,12-14,16,19,21-22,24-25,27,29,39H,11,15,17,20H2,1-7H3/b21-16+/t24-,25-,27+,29-,46?/m1/s1. The van der Waals surface area contributed by atoms with Gasteiger partial charge in [-0.15, -0.1) is 0 Å². The molecule has 5 atom stereocenters. The van der Waals surface area contributed by atoms with Crippen molar-refractivity contribution >= 4 is 22.0 Å². The normalized spacial score (nSPS) is 21.0. The number of carbonyl (C=O) groups is 1. The number of rotatable bonds is 16. The third-order valence-electron chi connectivity index (χ3n) is 7.90. The van der Waals surface area contributed by atoms with Gasteiger partial charge < -0.3 is 27.9 Å². The van der Waals surface area contributed by atoms with Crippen LogP contribution in [0.25, 0.3) is 0 Å². The van der Waals surface area contributed by atoms with Crippen molar-refractivity contribution in [1.29, 1.82) is 5.26 Å². The Morgan fingerprint density at radius 2 is 1.85 bits per heavy atom. The Morgan fingerprint density at radius 1 is 1.19 bits per heavy atom. The summed E-state index contributed by atoms with van der Waals surface area (Å²) in [5.74, 6) is -0.279. The van der Waals surface area contributed by atoms with Crippen molar-refractivity contribution in [2.75, 3.05) is 27.9 Å². The summed E-state index contributed by atoms with van der Waals surface area (Å²) in [6, 6.07) is 11.0. The van der Waals surface area contributed by atoms with Crippen molar-refractivity contribution < 1.29 is 37.3 Å². The van der Waals surface area contributed by atoms with Crippen LogP contribution in [0, 0.1) is 17.2 Å². The summed E-state index contributed by atoms with van der Waals surface area (Å²) in [6.07, 6.45) is 0.596. The molecule has 1 saturated heterocycles. The van der Waals surface area contributed by atoms with Crippen LogP contribution < -0.4 is 11.2 Å². The molecule has 0 spiro atoms. The molecule has 0 bridgehead atoms. The van der Waals surface area contributed by atoms with Crippen molar-refractivity contribution in [1.82, 2.24) is 13.8 Å². The summed E-state index contributed by atoms with van der Waals surface area (Å²) < 4.78 is 44.7. The maximum atomic E-state index is 13.9. The van der Waals surface area contributed by atoms with E-state index in [2.05, 4.69) is 6.07 Å². The van der Waals surface area contributed by atoms with Crippen LogP contribution in [0.1, 0.15) is 63.5 Å². The van der Waals surface area contributed by atoms with Crippen LogP contribution in [0.4, 0.5) is 0 Å². The zero-order valence-electron chi connectivity index (χ0n) is 27.7. The van der Waals surface area contributed by atoms with E-state index in [-0.39, 0.29) is 31.1 Å². The summed E-state index contributed by atoms with van der Waals surface area (Å²) in [4.78, 5) is 51.7. The Hall–Kier alpha value is -2.82. The van der Waals surface area contributed by atoms with Gasteiger partial charge in [0.25, 0.3) is 20.0 Å². The minimum atomic E-state index is -3.67. The molecule has 0 radical (unpaired) electrons. The maximum absolute atomic E-state index is 13.9. The number of hydrogen-bond donors (Lipinski definition) is 1. The minimum Gasteiger partial charge on any atom is -0.385 e. The van der Waals surface area contributed by atoms with E-state index >= 15 is 0 Å². The fourth-order valence-electron chi connectivity index (χ4n) is 5.60. The van der Waals surface area contributed by atoms with Gasteiger partial charge in [0.2, 0.25) is 0 Å². The van der Waals surface area contributed by atoms with Gasteiger partial charge >= 0.3 is 13.3 Å². The lowest BCUT2D eigenvalue weighted by Gasteiger charge is -2.43. The fourth-order valence-corrected chi connectivity index (χ4v) is 7.93. The molecular formula is C31H44N4O10P2. The lowest BCUT2D eigenvalue weighted by molar-refractivity contribution is -0.00579. The van der Waals surface area contributed by atoms with Gasteiger partial charge in [0.15, 0.2) is 0 Å². The fraction of sp³-hybridized carbons (Fsp3) is 0.548. The van der Waals surface area contributed by atoms with Crippen LogP contribution in [0.2, 0.25) is 0 Å². The van der Waals surface area contributed by atoms with Crippen LogP contribution in [-0.4, -0.2) is 76.3 Å². The Labute approximate surface area is 276 Å². The molecule has 14 nitrogen and oxygen atoms in total. The summed E-state index contributed by atoms with van der Waals surface area (Å²) in [5.41, 5.74) is -2.25. The molecule has 47 heavy (non-hydrogen) atoms. The van der Waals surface area contributed by atoms with Crippen molar-refractivity contribution in [3.8, 4) is 6.07 Å². The highest BCUT2D eigenvalue weighted by Crippen LogP contribution is 2.53. The van der Waals surface area contributed by atoms with Gasteiger partial charge in [-0.3, -0.25) is 18.7 Å². The Balaban J connectivity index is 2.15. The molecule has 3 rings (SSSR count). The van der Waals surface area contributed by atoms with E-state index < -0.39 is 63.2 Å². The molecule has 1 aliphatic heterocycles. The molecule has 0 saturated carbocycles. The number of carbonyl (C=O) groups excluding carboxylic acids is 1. The molecule has 2 aromatic rings. The second-order valence-corrected chi connectivity index (χ2v) is 15.0. The first-order chi connectivity index (χ1) is 22.2. The van der Waals surface area contributed by atoms with Gasteiger partial charge in [0.05, 0.1) is 6.07 Å². The third kappa shape index (κ3) is 9.21. The number of aromatic nitrogens is 2. The summed E-state index contributed by atoms with van der Waals surface area (Å²) in [7, 11) is -2.03. The van der Waals surface area contributed by atoms with Gasteiger partial charge in [0, 0.05) is 75.5 Å². The van der Waals surface area contributed by atoms with Gasteiger partial charge in [-0.2, -0.15) is 9.83 Å². The summed E-state index contributed by atoms with van der Waals surface area (Å²) in [6.45, 7) is 7.82. The zero-order valence-corrected chi connectivity index (χ0v) is 29.5. The van der Waals surface area contributed by atoms with Crippen molar-refractivity contribution in [3.05, 3.63) is 80.9 Å². The van der Waals surface area contributed by atoms with Crippen LogP contribution in [-0.2, 0) is 27.6 Å². The average Bonchev–Trinajstić information content (AvgIpc) is 3.37. The molecule has 0 amide bonds. The first-order valence-corrected chi connectivity index (χ1v) is 17.8. The van der Waals surface area contributed by atoms with Crippen LogP contribution in [0.3, 0.4) is 0 Å². The van der Waals surface area contributed by atoms with E-state index in [0.717, 1.165) is 10.6 Å². The molecule has 1 aromatic carbocycles. The summed E-state index contributed by atoms with van der Waals surface area (Å²) >= 11 is 0. The molecule has 0 aliphatic carbocycles. The van der Waals surface area contributed by atoms with Crippen LogP contribution >= 0.6 is 16.1 Å². The molecule has 16 heteroatoms. The lowest BCUT2D eigenvalue weighted by atomic mass is 9.96. The second kappa shape index (κ2) is 17.0. The highest BCUT2D eigenvalue weighted by atomic mass is 31.2. The number of benzene rings is 1. The minimum absolute atomic E-state index is 0.142. The van der Waals surface area contributed by atoms with E-state index in [4.69, 9.17) is 23.0 Å². The molecule has 1 N–H and O–H groups in total. The van der Waals surface area contributed by atoms with Crippen molar-refractivity contribution in [2.45, 2.75) is 77.0 Å². The van der Waals surface area contributed by atoms with E-state index in [0.29, 0.717) is 11.0 Å². The topological polar surface area (TPSA) is 172 Å². The van der Waals surface area contributed by atoms with Gasteiger partial charge in [-0.25, -0.2) is 9.46 Å². The van der Waals surface area contributed by atoms with E-state index in [1.165, 1.54) is 51.6 Å². The predicted molar refractivity (Wildman–Crippen MR) is 176 cm³/mol. The van der Waals surface area contributed by atoms with Crippen molar-refractivity contribution in [3.63, 3.8) is 0 Å². The Kier molecular flexibility index (Phi) is 14.0. The first kappa shape index (κ1) is 38.6. The molecule has 2 heterocycles. The zero-order chi connectivity index (χ0) is 34.9. The summed E-state index contributed by atoms with van der Waals surface area (Å²) in [5, 5.41) is 9.22. The molecule has 1 aliphatic rings. The van der Waals surface area contributed by atoms with Gasteiger partial charge in [-0.05, 0) is 58.7 Å². The lowest BCUT2D eigenvalue weighted by Crippen LogP contribution is -2.46. The average molecular weight is 695 g/mol.